The highest BCUT2D eigenvalue weighted by Crippen LogP contribution is 2.29. The van der Waals surface area contributed by atoms with Gasteiger partial charge in [0.2, 0.25) is 0 Å². The van der Waals surface area contributed by atoms with Gasteiger partial charge in [0.15, 0.2) is 5.76 Å². The summed E-state index contributed by atoms with van der Waals surface area (Å²) in [5.41, 5.74) is 0.742. The van der Waals surface area contributed by atoms with Crippen LogP contribution in [-0.4, -0.2) is 10.9 Å². The lowest BCUT2D eigenvalue weighted by Crippen LogP contribution is -2.11. The zero-order valence-electron chi connectivity index (χ0n) is 11.5. The van der Waals surface area contributed by atoms with Crippen LogP contribution in [0.3, 0.4) is 0 Å². The number of carbonyl (C=O) groups is 1. The Kier molecular flexibility index (Phi) is 4.89. The third-order valence-corrected chi connectivity index (χ3v) is 4.38. The molecule has 0 radical (unpaired) electrons. The van der Waals surface area contributed by atoms with Crippen molar-refractivity contribution in [2.75, 3.05) is 5.32 Å². The van der Waals surface area contributed by atoms with Gasteiger partial charge in [-0.1, -0.05) is 23.2 Å². The molecular weight excluding hydrogens is 450 g/mol. The van der Waals surface area contributed by atoms with Crippen molar-refractivity contribution in [1.29, 1.82) is 0 Å². The third kappa shape index (κ3) is 3.85. The molecule has 7 heteroatoms. The van der Waals surface area contributed by atoms with E-state index in [4.69, 9.17) is 27.6 Å². The summed E-state index contributed by atoms with van der Waals surface area (Å²) in [6.07, 6.45) is 1.67. The Morgan fingerprint density at radius 2 is 1.91 bits per heavy atom. The van der Waals surface area contributed by atoms with Gasteiger partial charge in [0.1, 0.15) is 11.6 Å². The smallest absolute Gasteiger partial charge is 0.292 e. The molecule has 3 aromatic rings. The number of halogens is 3. The Bertz CT molecular complexity index is 863. The topological polar surface area (TPSA) is 55.1 Å². The van der Waals surface area contributed by atoms with Crippen molar-refractivity contribution in [3.05, 3.63) is 68.0 Å². The predicted molar refractivity (Wildman–Crippen MR) is 99.1 cm³/mol. The first-order valence-electron chi connectivity index (χ1n) is 6.51. The van der Waals surface area contributed by atoms with Gasteiger partial charge in [0.05, 0.1) is 10.0 Å². The number of anilines is 1. The first-order chi connectivity index (χ1) is 11.0. The van der Waals surface area contributed by atoms with E-state index in [2.05, 4.69) is 32.9 Å². The molecule has 0 saturated heterocycles. The predicted octanol–water partition coefficient (Wildman–Crippen LogP) is 5.51. The summed E-state index contributed by atoms with van der Waals surface area (Å²) < 4.78 is 6.57. The number of furan rings is 1. The molecule has 1 N–H and O–H groups in total. The second-order valence-electron chi connectivity index (χ2n) is 4.61. The fraction of sp³-hybridized carbons (Fsp3) is 0. The molecule has 0 saturated carbocycles. The molecule has 0 aliphatic heterocycles. The minimum absolute atomic E-state index is 0.187. The average molecular weight is 459 g/mol. The Balaban J connectivity index is 1.79. The maximum absolute atomic E-state index is 12.2. The van der Waals surface area contributed by atoms with E-state index in [1.54, 1.807) is 42.6 Å². The number of hydrogen-bond acceptors (Lipinski definition) is 3. The Morgan fingerprint density at radius 1 is 1.09 bits per heavy atom. The highest BCUT2D eigenvalue weighted by molar-refractivity contribution is 14.1. The van der Waals surface area contributed by atoms with E-state index in [0.717, 1.165) is 9.13 Å². The van der Waals surface area contributed by atoms with Crippen molar-refractivity contribution in [1.82, 2.24) is 4.98 Å². The fourth-order valence-electron chi connectivity index (χ4n) is 1.89. The molecule has 0 atom stereocenters. The van der Waals surface area contributed by atoms with Crippen LogP contribution in [0.5, 0.6) is 0 Å². The van der Waals surface area contributed by atoms with Gasteiger partial charge in [-0.05, 0) is 65.1 Å². The Hall–Kier alpha value is -1.57. The summed E-state index contributed by atoms with van der Waals surface area (Å²) >= 11 is 14.0. The standard InChI is InChI=1S/C16H9Cl2IN2O2/c17-11-3-1-9(7-12(11)18)13-4-5-14(23-13)16(22)21-15-6-2-10(19)8-20-15/h1-8H,(H,20,21,22). The Morgan fingerprint density at radius 3 is 2.61 bits per heavy atom. The van der Waals surface area contributed by atoms with Crippen LogP contribution in [0, 0.1) is 3.57 Å². The highest BCUT2D eigenvalue weighted by Gasteiger charge is 2.13. The van der Waals surface area contributed by atoms with Crippen LogP contribution in [0.1, 0.15) is 10.6 Å². The van der Waals surface area contributed by atoms with E-state index >= 15 is 0 Å². The number of amides is 1. The van der Waals surface area contributed by atoms with Crippen LogP contribution in [0.25, 0.3) is 11.3 Å². The third-order valence-electron chi connectivity index (χ3n) is 3.00. The summed E-state index contributed by atoms with van der Waals surface area (Å²) in [5, 5.41) is 3.56. The van der Waals surface area contributed by atoms with E-state index in [1.807, 2.05) is 6.07 Å². The van der Waals surface area contributed by atoms with E-state index in [9.17, 15) is 4.79 Å². The largest absolute Gasteiger partial charge is 0.451 e. The lowest BCUT2D eigenvalue weighted by atomic mass is 10.2. The number of carbonyl (C=O) groups excluding carboxylic acids is 1. The number of aromatic nitrogens is 1. The van der Waals surface area contributed by atoms with Gasteiger partial charge in [-0.25, -0.2) is 4.98 Å². The van der Waals surface area contributed by atoms with Crippen LogP contribution in [0.4, 0.5) is 5.82 Å². The van der Waals surface area contributed by atoms with Crippen LogP contribution in [0.2, 0.25) is 10.0 Å². The summed E-state index contributed by atoms with van der Waals surface area (Å²) in [5.74, 6) is 0.809. The molecule has 0 aliphatic rings. The number of hydrogen-bond donors (Lipinski definition) is 1. The lowest BCUT2D eigenvalue weighted by molar-refractivity contribution is 0.0997. The van der Waals surface area contributed by atoms with Crippen LogP contribution < -0.4 is 5.32 Å². The monoisotopic (exact) mass is 458 g/mol. The molecule has 0 unspecified atom stereocenters. The molecule has 2 heterocycles. The van der Waals surface area contributed by atoms with Gasteiger partial charge in [-0.3, -0.25) is 4.79 Å². The highest BCUT2D eigenvalue weighted by atomic mass is 127. The van der Waals surface area contributed by atoms with Gasteiger partial charge in [-0.15, -0.1) is 0 Å². The molecule has 23 heavy (non-hydrogen) atoms. The molecular formula is C16H9Cl2IN2O2. The summed E-state index contributed by atoms with van der Waals surface area (Å²) in [4.78, 5) is 16.3. The minimum atomic E-state index is -0.370. The molecule has 0 bridgehead atoms. The molecule has 1 aromatic carbocycles. The molecule has 2 aromatic heterocycles. The van der Waals surface area contributed by atoms with E-state index in [-0.39, 0.29) is 11.7 Å². The van der Waals surface area contributed by atoms with Crippen molar-refractivity contribution in [2.45, 2.75) is 0 Å². The molecule has 4 nitrogen and oxygen atoms in total. The van der Waals surface area contributed by atoms with Crippen molar-refractivity contribution < 1.29 is 9.21 Å². The molecule has 1 amide bonds. The number of nitrogens with zero attached hydrogens (tertiary/aromatic N) is 1. The SMILES string of the molecule is O=C(Nc1ccc(I)cn1)c1ccc(-c2ccc(Cl)c(Cl)c2)o1. The fourth-order valence-corrected chi connectivity index (χ4v) is 2.51. The molecule has 0 fully saturated rings. The van der Waals surface area contributed by atoms with Crippen molar-refractivity contribution in [2.24, 2.45) is 0 Å². The summed E-state index contributed by atoms with van der Waals surface area (Å²) in [7, 11) is 0. The van der Waals surface area contributed by atoms with E-state index < -0.39 is 0 Å². The van der Waals surface area contributed by atoms with Gasteiger partial charge in [0.25, 0.3) is 5.91 Å². The normalized spacial score (nSPS) is 10.6. The maximum atomic E-state index is 12.2. The molecule has 116 valence electrons. The number of pyridine rings is 1. The first-order valence-corrected chi connectivity index (χ1v) is 8.34. The minimum Gasteiger partial charge on any atom is -0.451 e. The van der Waals surface area contributed by atoms with Crippen LogP contribution in [0.15, 0.2) is 53.1 Å². The second kappa shape index (κ2) is 6.90. The van der Waals surface area contributed by atoms with Gasteiger partial charge < -0.3 is 9.73 Å². The van der Waals surface area contributed by atoms with Crippen molar-refractivity contribution >= 4 is 57.5 Å². The van der Waals surface area contributed by atoms with Crippen molar-refractivity contribution in [3.8, 4) is 11.3 Å². The average Bonchev–Trinajstić information content (AvgIpc) is 3.02. The zero-order chi connectivity index (χ0) is 16.4. The quantitative estimate of drug-likeness (QED) is 0.527. The summed E-state index contributed by atoms with van der Waals surface area (Å²) in [6.45, 7) is 0. The van der Waals surface area contributed by atoms with E-state index in [1.165, 1.54) is 0 Å². The molecule has 3 rings (SSSR count). The lowest BCUT2D eigenvalue weighted by Gasteiger charge is -2.02. The second-order valence-corrected chi connectivity index (χ2v) is 6.67. The van der Waals surface area contributed by atoms with E-state index in [0.29, 0.717) is 21.6 Å². The van der Waals surface area contributed by atoms with Crippen LogP contribution >= 0.6 is 45.8 Å². The Labute approximate surface area is 156 Å². The number of rotatable bonds is 3. The zero-order valence-corrected chi connectivity index (χ0v) is 15.2. The summed E-state index contributed by atoms with van der Waals surface area (Å²) in [6, 6.07) is 12.0. The number of nitrogens with one attached hydrogen (secondary N) is 1. The van der Waals surface area contributed by atoms with Gasteiger partial charge in [-0.2, -0.15) is 0 Å². The molecule has 0 aliphatic carbocycles. The van der Waals surface area contributed by atoms with Gasteiger partial charge in [0, 0.05) is 15.3 Å². The first kappa shape index (κ1) is 16.3. The molecule has 0 spiro atoms. The van der Waals surface area contributed by atoms with Crippen molar-refractivity contribution in [3.63, 3.8) is 0 Å². The maximum Gasteiger partial charge on any atom is 0.292 e. The van der Waals surface area contributed by atoms with Gasteiger partial charge >= 0.3 is 0 Å². The van der Waals surface area contributed by atoms with Crippen LogP contribution in [-0.2, 0) is 0 Å². The number of benzene rings is 1.